The zero-order valence-corrected chi connectivity index (χ0v) is 7.99. The smallest absolute Gasteiger partial charge is 0.227 e. The Hall–Kier alpha value is -0.540. The third kappa shape index (κ3) is 1.34. The topological polar surface area (TPSA) is 20.3 Å². The first kappa shape index (κ1) is 8.08. The van der Waals surface area contributed by atoms with Crippen LogP contribution in [-0.2, 0) is 4.79 Å². The summed E-state index contributed by atoms with van der Waals surface area (Å²) >= 11 is 7.23. The standard InChI is InChI=1S/C8H8ClNOS/c9-6-3-4-8(12-6)10-5-1-2-7(10)11/h3-4H,1-2,5H2. The minimum atomic E-state index is 0.216. The Kier molecular flexibility index (Phi) is 2.07. The van der Waals surface area contributed by atoms with Gasteiger partial charge in [0, 0.05) is 13.0 Å². The van der Waals surface area contributed by atoms with E-state index in [1.807, 2.05) is 12.1 Å². The number of carbonyl (C=O) groups excluding carboxylic acids is 1. The molecular weight excluding hydrogens is 194 g/mol. The Morgan fingerprint density at radius 1 is 1.50 bits per heavy atom. The van der Waals surface area contributed by atoms with Crippen molar-refractivity contribution in [2.45, 2.75) is 12.8 Å². The van der Waals surface area contributed by atoms with Crippen molar-refractivity contribution in [3.63, 3.8) is 0 Å². The van der Waals surface area contributed by atoms with Crippen molar-refractivity contribution in [2.75, 3.05) is 11.4 Å². The molecule has 0 N–H and O–H groups in total. The van der Waals surface area contributed by atoms with E-state index in [1.54, 1.807) is 4.90 Å². The van der Waals surface area contributed by atoms with Crippen molar-refractivity contribution in [2.24, 2.45) is 0 Å². The number of thiophene rings is 1. The van der Waals surface area contributed by atoms with Gasteiger partial charge in [-0.1, -0.05) is 11.6 Å². The number of carbonyl (C=O) groups is 1. The number of halogens is 1. The molecule has 0 aromatic carbocycles. The maximum atomic E-state index is 11.3. The Labute approximate surface area is 79.8 Å². The third-order valence-electron chi connectivity index (χ3n) is 1.90. The summed E-state index contributed by atoms with van der Waals surface area (Å²) in [5, 5.41) is 0.975. The highest BCUT2D eigenvalue weighted by Crippen LogP contribution is 2.31. The third-order valence-corrected chi connectivity index (χ3v) is 3.15. The van der Waals surface area contributed by atoms with Gasteiger partial charge in [-0.05, 0) is 18.6 Å². The van der Waals surface area contributed by atoms with Crippen molar-refractivity contribution in [1.29, 1.82) is 0 Å². The molecule has 0 radical (unpaired) electrons. The Bertz CT molecular complexity index is 310. The largest absolute Gasteiger partial charge is 0.304 e. The van der Waals surface area contributed by atoms with Crippen molar-refractivity contribution < 1.29 is 4.79 Å². The molecule has 0 aliphatic carbocycles. The summed E-state index contributed by atoms with van der Waals surface area (Å²) in [6.07, 6.45) is 1.64. The van der Waals surface area contributed by atoms with E-state index in [-0.39, 0.29) is 5.91 Å². The van der Waals surface area contributed by atoms with Crippen LogP contribution in [0.15, 0.2) is 12.1 Å². The summed E-state index contributed by atoms with van der Waals surface area (Å²) in [5.74, 6) is 0.216. The predicted molar refractivity (Wildman–Crippen MR) is 50.9 cm³/mol. The van der Waals surface area contributed by atoms with Gasteiger partial charge in [0.1, 0.15) is 0 Å². The van der Waals surface area contributed by atoms with Crippen molar-refractivity contribution >= 4 is 33.8 Å². The van der Waals surface area contributed by atoms with E-state index >= 15 is 0 Å². The Morgan fingerprint density at radius 3 is 2.83 bits per heavy atom. The quantitative estimate of drug-likeness (QED) is 0.684. The fourth-order valence-electron chi connectivity index (χ4n) is 1.33. The van der Waals surface area contributed by atoms with Gasteiger partial charge in [0.25, 0.3) is 0 Å². The summed E-state index contributed by atoms with van der Waals surface area (Å²) in [4.78, 5) is 13.1. The number of nitrogens with zero attached hydrogens (tertiary/aromatic N) is 1. The van der Waals surface area contributed by atoms with Crippen LogP contribution in [0, 0.1) is 0 Å². The van der Waals surface area contributed by atoms with E-state index in [1.165, 1.54) is 11.3 Å². The highest BCUT2D eigenvalue weighted by molar-refractivity contribution is 7.20. The van der Waals surface area contributed by atoms with Gasteiger partial charge in [0.15, 0.2) is 0 Å². The van der Waals surface area contributed by atoms with Crippen LogP contribution in [0.4, 0.5) is 5.00 Å². The molecule has 4 heteroatoms. The first-order valence-corrected chi connectivity index (χ1v) is 5.02. The summed E-state index contributed by atoms with van der Waals surface area (Å²) in [7, 11) is 0. The molecule has 2 nitrogen and oxygen atoms in total. The molecule has 1 fully saturated rings. The van der Waals surface area contributed by atoms with E-state index in [2.05, 4.69) is 0 Å². The molecule has 1 aromatic heterocycles. The highest BCUT2D eigenvalue weighted by Gasteiger charge is 2.22. The minimum Gasteiger partial charge on any atom is -0.304 e. The zero-order chi connectivity index (χ0) is 8.55. The number of hydrogen-bond acceptors (Lipinski definition) is 2. The van der Waals surface area contributed by atoms with Gasteiger partial charge in [-0.2, -0.15) is 0 Å². The van der Waals surface area contributed by atoms with E-state index in [9.17, 15) is 4.79 Å². The minimum absolute atomic E-state index is 0.216. The Morgan fingerprint density at radius 2 is 2.33 bits per heavy atom. The SMILES string of the molecule is O=C1CCCN1c1ccc(Cl)s1. The van der Waals surface area contributed by atoms with Crippen LogP contribution in [0.2, 0.25) is 4.34 Å². The lowest BCUT2D eigenvalue weighted by atomic mass is 10.4. The second kappa shape index (κ2) is 3.07. The number of anilines is 1. The normalized spacial score (nSPS) is 17.4. The van der Waals surface area contributed by atoms with Crippen molar-refractivity contribution in [3.05, 3.63) is 16.5 Å². The van der Waals surface area contributed by atoms with Crippen molar-refractivity contribution in [1.82, 2.24) is 0 Å². The van der Waals surface area contributed by atoms with E-state index < -0.39 is 0 Å². The van der Waals surface area contributed by atoms with Crippen LogP contribution >= 0.6 is 22.9 Å². The fraction of sp³-hybridized carbons (Fsp3) is 0.375. The fourth-order valence-corrected chi connectivity index (χ4v) is 2.41. The molecule has 12 heavy (non-hydrogen) atoms. The number of rotatable bonds is 1. The monoisotopic (exact) mass is 201 g/mol. The van der Waals surface area contributed by atoms with Gasteiger partial charge in [0.05, 0.1) is 9.34 Å². The van der Waals surface area contributed by atoms with Crippen LogP contribution in [0.5, 0.6) is 0 Å². The molecular formula is C8H8ClNOS. The first-order chi connectivity index (χ1) is 5.77. The molecule has 0 spiro atoms. The number of amides is 1. The van der Waals surface area contributed by atoms with Crippen LogP contribution in [0.25, 0.3) is 0 Å². The van der Waals surface area contributed by atoms with Gasteiger partial charge in [0.2, 0.25) is 5.91 Å². The van der Waals surface area contributed by atoms with Crippen molar-refractivity contribution in [3.8, 4) is 0 Å². The van der Waals surface area contributed by atoms with E-state index in [4.69, 9.17) is 11.6 Å². The molecule has 0 saturated carbocycles. The number of hydrogen-bond donors (Lipinski definition) is 0. The predicted octanol–water partition coefficient (Wildman–Crippen LogP) is 2.53. The second-order valence-corrected chi connectivity index (χ2v) is 4.42. The summed E-state index contributed by atoms with van der Waals surface area (Å²) < 4.78 is 0.740. The molecule has 1 amide bonds. The molecule has 1 aliphatic rings. The summed E-state index contributed by atoms with van der Waals surface area (Å²) in [5.41, 5.74) is 0. The zero-order valence-electron chi connectivity index (χ0n) is 6.42. The lowest BCUT2D eigenvalue weighted by molar-refractivity contribution is -0.117. The highest BCUT2D eigenvalue weighted by atomic mass is 35.5. The maximum Gasteiger partial charge on any atom is 0.227 e. The lowest BCUT2D eigenvalue weighted by Gasteiger charge is -2.11. The van der Waals surface area contributed by atoms with E-state index in [0.717, 1.165) is 22.3 Å². The molecule has 64 valence electrons. The molecule has 1 saturated heterocycles. The Balaban J connectivity index is 2.24. The average Bonchev–Trinajstić information content (AvgIpc) is 2.58. The van der Waals surface area contributed by atoms with E-state index in [0.29, 0.717) is 6.42 Å². The summed E-state index contributed by atoms with van der Waals surface area (Å²) in [6, 6.07) is 3.73. The molecule has 2 heterocycles. The second-order valence-electron chi connectivity index (χ2n) is 2.73. The van der Waals surface area contributed by atoms with Gasteiger partial charge in [-0.15, -0.1) is 11.3 Å². The summed E-state index contributed by atoms with van der Waals surface area (Å²) in [6.45, 7) is 0.843. The molecule has 2 rings (SSSR count). The lowest BCUT2D eigenvalue weighted by Crippen LogP contribution is -2.22. The van der Waals surface area contributed by atoms with Gasteiger partial charge >= 0.3 is 0 Å². The maximum absolute atomic E-state index is 11.3. The van der Waals surface area contributed by atoms with Gasteiger partial charge < -0.3 is 4.90 Å². The first-order valence-electron chi connectivity index (χ1n) is 3.83. The van der Waals surface area contributed by atoms with Crippen LogP contribution < -0.4 is 4.90 Å². The van der Waals surface area contributed by atoms with Crippen LogP contribution in [0.3, 0.4) is 0 Å². The van der Waals surface area contributed by atoms with Crippen LogP contribution in [-0.4, -0.2) is 12.5 Å². The molecule has 1 aromatic rings. The molecule has 0 bridgehead atoms. The van der Waals surface area contributed by atoms with Gasteiger partial charge in [-0.3, -0.25) is 4.79 Å². The van der Waals surface area contributed by atoms with Crippen LogP contribution in [0.1, 0.15) is 12.8 Å². The molecule has 0 unspecified atom stereocenters. The average molecular weight is 202 g/mol. The van der Waals surface area contributed by atoms with Gasteiger partial charge in [-0.25, -0.2) is 0 Å². The molecule has 0 atom stereocenters. The molecule has 1 aliphatic heterocycles.